The minimum absolute atomic E-state index is 0.136. The van der Waals surface area contributed by atoms with E-state index < -0.39 is 0 Å². The lowest BCUT2D eigenvalue weighted by Crippen LogP contribution is -2.18. The maximum Gasteiger partial charge on any atom is 0.281 e. The van der Waals surface area contributed by atoms with Crippen LogP contribution in [0.1, 0.15) is 48.5 Å². The van der Waals surface area contributed by atoms with Crippen LogP contribution in [0.25, 0.3) is 0 Å². The van der Waals surface area contributed by atoms with E-state index in [1.807, 2.05) is 30.5 Å². The maximum atomic E-state index is 11.8. The van der Waals surface area contributed by atoms with Crippen molar-refractivity contribution in [3.05, 3.63) is 57.8 Å². The summed E-state index contributed by atoms with van der Waals surface area (Å²) in [5.41, 5.74) is 5.80. The van der Waals surface area contributed by atoms with Crippen molar-refractivity contribution in [2.24, 2.45) is 5.10 Å². The van der Waals surface area contributed by atoms with E-state index in [9.17, 15) is 4.79 Å². The number of carbonyl (C=O) groups is 1. The number of nitrogens with zero attached hydrogens (tertiary/aromatic N) is 1. The van der Waals surface area contributed by atoms with E-state index in [1.165, 1.54) is 16.9 Å². The van der Waals surface area contributed by atoms with Gasteiger partial charge < -0.3 is 0 Å². The highest BCUT2D eigenvalue weighted by molar-refractivity contribution is 7.12. The van der Waals surface area contributed by atoms with Gasteiger partial charge in [0.2, 0.25) is 0 Å². The van der Waals surface area contributed by atoms with Crippen molar-refractivity contribution in [2.75, 3.05) is 0 Å². The zero-order valence-corrected chi connectivity index (χ0v) is 13.6. The molecule has 0 spiro atoms. The predicted molar refractivity (Wildman–Crippen MR) is 89.1 cm³/mol. The number of rotatable bonds is 3. The zero-order chi connectivity index (χ0) is 15.5. The summed E-state index contributed by atoms with van der Waals surface area (Å²) in [5.74, 6) is -0.171. The first kappa shape index (κ1) is 15.4. The molecule has 0 bridgehead atoms. The van der Waals surface area contributed by atoms with Crippen LogP contribution in [0.15, 0.2) is 46.9 Å². The van der Waals surface area contributed by atoms with Gasteiger partial charge in [0.05, 0.1) is 10.6 Å². The fraction of sp³-hybridized carbons (Fsp3) is 0.294. The van der Waals surface area contributed by atoms with Crippen molar-refractivity contribution in [1.82, 2.24) is 5.43 Å². The molecule has 0 saturated heterocycles. The van der Waals surface area contributed by atoms with E-state index in [0.717, 1.165) is 11.3 Å². The van der Waals surface area contributed by atoms with Gasteiger partial charge in [-0.1, -0.05) is 51.1 Å². The summed E-state index contributed by atoms with van der Waals surface area (Å²) in [5, 5.41) is 6.04. The minimum atomic E-state index is -0.171. The Kier molecular flexibility index (Phi) is 4.58. The van der Waals surface area contributed by atoms with Gasteiger partial charge in [-0.3, -0.25) is 4.79 Å². The summed E-state index contributed by atoms with van der Waals surface area (Å²) in [6.07, 6.45) is 0. The first-order chi connectivity index (χ1) is 9.88. The van der Waals surface area contributed by atoms with Gasteiger partial charge in [0.1, 0.15) is 0 Å². The molecule has 1 aromatic heterocycles. The molecule has 2 rings (SSSR count). The Hall–Kier alpha value is -1.94. The molecule has 1 N–H and O–H groups in total. The van der Waals surface area contributed by atoms with Crippen molar-refractivity contribution < 1.29 is 4.79 Å². The second-order valence-corrected chi connectivity index (χ2v) is 6.89. The third-order valence-corrected chi connectivity index (χ3v) is 4.11. The van der Waals surface area contributed by atoms with Crippen molar-refractivity contribution >= 4 is 23.0 Å². The molecule has 0 aliphatic rings. The third kappa shape index (κ3) is 4.02. The Morgan fingerprint density at radius 3 is 2.33 bits per heavy atom. The largest absolute Gasteiger partial charge is 0.281 e. The Labute approximate surface area is 129 Å². The number of hydrogen-bond acceptors (Lipinski definition) is 3. The number of amides is 1. The smallest absolute Gasteiger partial charge is 0.266 e. The summed E-state index contributed by atoms with van der Waals surface area (Å²) in [6.45, 7) is 8.44. The molecule has 0 aliphatic carbocycles. The van der Waals surface area contributed by atoms with Crippen molar-refractivity contribution in [1.29, 1.82) is 0 Å². The van der Waals surface area contributed by atoms with E-state index in [4.69, 9.17) is 0 Å². The van der Waals surface area contributed by atoms with Gasteiger partial charge in [0.15, 0.2) is 0 Å². The topological polar surface area (TPSA) is 41.5 Å². The summed E-state index contributed by atoms with van der Waals surface area (Å²) in [4.78, 5) is 12.5. The van der Waals surface area contributed by atoms with Crippen LogP contribution in [0.5, 0.6) is 0 Å². The fourth-order valence-electron chi connectivity index (χ4n) is 1.87. The van der Waals surface area contributed by atoms with Crippen LogP contribution in [0.3, 0.4) is 0 Å². The molecule has 3 nitrogen and oxygen atoms in total. The van der Waals surface area contributed by atoms with E-state index in [2.05, 4.69) is 43.4 Å². The average molecular weight is 300 g/mol. The lowest BCUT2D eigenvalue weighted by Gasteiger charge is -2.19. The molecular formula is C17H20N2OS. The van der Waals surface area contributed by atoms with Gasteiger partial charge in [-0.05, 0) is 34.9 Å². The fourth-order valence-corrected chi connectivity index (χ4v) is 2.49. The molecule has 0 saturated carbocycles. The van der Waals surface area contributed by atoms with Gasteiger partial charge in [-0.15, -0.1) is 11.3 Å². The summed E-state index contributed by atoms with van der Waals surface area (Å²) < 4.78 is 0. The number of hydrogen-bond donors (Lipinski definition) is 1. The van der Waals surface area contributed by atoms with Crippen molar-refractivity contribution in [2.45, 2.75) is 33.1 Å². The molecule has 4 heteroatoms. The summed E-state index contributed by atoms with van der Waals surface area (Å²) in [7, 11) is 0. The number of nitrogens with one attached hydrogen (secondary N) is 1. The van der Waals surface area contributed by atoms with Crippen LogP contribution in [-0.4, -0.2) is 11.6 Å². The predicted octanol–water partition coefficient (Wildman–Crippen LogP) is 4.20. The molecule has 2 aromatic rings. The van der Waals surface area contributed by atoms with E-state index in [1.54, 1.807) is 6.07 Å². The molecule has 1 amide bonds. The summed E-state index contributed by atoms with van der Waals surface area (Å²) in [6, 6.07) is 11.9. The highest BCUT2D eigenvalue weighted by atomic mass is 32.1. The van der Waals surface area contributed by atoms with Crippen LogP contribution in [0.2, 0.25) is 0 Å². The number of hydrazone groups is 1. The monoisotopic (exact) mass is 300 g/mol. The number of carbonyl (C=O) groups excluding carboxylic acids is 1. The number of benzene rings is 1. The Morgan fingerprint density at radius 2 is 1.81 bits per heavy atom. The first-order valence-electron chi connectivity index (χ1n) is 6.87. The van der Waals surface area contributed by atoms with Gasteiger partial charge in [-0.25, -0.2) is 5.43 Å². The highest BCUT2D eigenvalue weighted by Crippen LogP contribution is 2.22. The van der Waals surface area contributed by atoms with Crippen molar-refractivity contribution in [3.8, 4) is 0 Å². The normalized spacial score (nSPS) is 12.3. The Morgan fingerprint density at radius 1 is 1.14 bits per heavy atom. The zero-order valence-electron chi connectivity index (χ0n) is 12.8. The molecule has 0 aliphatic heterocycles. The second kappa shape index (κ2) is 6.22. The highest BCUT2D eigenvalue weighted by Gasteiger charge is 2.13. The molecule has 1 aromatic carbocycles. The van der Waals surface area contributed by atoms with Gasteiger partial charge in [0.25, 0.3) is 5.91 Å². The van der Waals surface area contributed by atoms with Crippen LogP contribution in [0, 0.1) is 0 Å². The molecule has 0 atom stereocenters. The van der Waals surface area contributed by atoms with Crippen LogP contribution >= 0.6 is 11.3 Å². The Balaban J connectivity index is 2.07. The Bertz CT molecular complexity index is 634. The van der Waals surface area contributed by atoms with Gasteiger partial charge in [-0.2, -0.15) is 5.10 Å². The molecule has 110 valence electrons. The number of thiophene rings is 1. The lowest BCUT2D eigenvalue weighted by molar-refractivity contribution is 0.0959. The molecule has 0 fully saturated rings. The SMILES string of the molecule is C/C(=N\NC(=O)c1cccs1)c1ccc(C(C)(C)C)cc1. The molecule has 0 radical (unpaired) electrons. The van der Waals surface area contributed by atoms with Crippen LogP contribution in [0.4, 0.5) is 0 Å². The average Bonchev–Trinajstić information content (AvgIpc) is 2.98. The molecule has 1 heterocycles. The van der Waals surface area contributed by atoms with E-state index >= 15 is 0 Å². The van der Waals surface area contributed by atoms with E-state index in [0.29, 0.717) is 4.88 Å². The molecular weight excluding hydrogens is 280 g/mol. The van der Waals surface area contributed by atoms with Crippen molar-refractivity contribution in [3.63, 3.8) is 0 Å². The van der Waals surface area contributed by atoms with E-state index in [-0.39, 0.29) is 11.3 Å². The standard InChI is InChI=1S/C17H20N2OS/c1-12(18-19-16(20)15-6-5-11-21-15)13-7-9-14(10-8-13)17(2,3)4/h5-11H,1-4H3,(H,19,20)/b18-12+. The summed E-state index contributed by atoms with van der Waals surface area (Å²) >= 11 is 1.40. The molecule has 21 heavy (non-hydrogen) atoms. The third-order valence-electron chi connectivity index (χ3n) is 3.24. The quantitative estimate of drug-likeness (QED) is 0.670. The molecule has 0 unspecified atom stereocenters. The second-order valence-electron chi connectivity index (χ2n) is 5.94. The van der Waals surface area contributed by atoms with Gasteiger partial charge in [0, 0.05) is 0 Å². The van der Waals surface area contributed by atoms with Crippen LogP contribution in [-0.2, 0) is 5.41 Å². The minimum Gasteiger partial charge on any atom is -0.266 e. The maximum absolute atomic E-state index is 11.8. The van der Waals surface area contributed by atoms with Crippen LogP contribution < -0.4 is 5.43 Å². The lowest BCUT2D eigenvalue weighted by atomic mass is 9.86. The van der Waals surface area contributed by atoms with Gasteiger partial charge >= 0.3 is 0 Å². The first-order valence-corrected chi connectivity index (χ1v) is 7.75.